The van der Waals surface area contributed by atoms with E-state index in [0.717, 1.165) is 0 Å². The summed E-state index contributed by atoms with van der Waals surface area (Å²) < 4.78 is 27.8. The molecule has 0 amide bonds. The molecule has 0 aliphatic carbocycles. The standard InChI is InChI=1S/C15H13Cl2F2N/c1-8-3-5-10(14(19)13(8)18)15(20-2)11-7-9(16)4-6-12(11)17/h3-7,15,20H,1-2H3. The number of hydrogen-bond acceptors (Lipinski definition) is 1. The molecule has 2 aromatic carbocycles. The summed E-state index contributed by atoms with van der Waals surface area (Å²) in [6, 6.07) is 7.43. The molecule has 0 aliphatic heterocycles. The molecule has 20 heavy (non-hydrogen) atoms. The molecule has 0 saturated carbocycles. The highest BCUT2D eigenvalue weighted by molar-refractivity contribution is 6.33. The summed E-state index contributed by atoms with van der Waals surface area (Å²) in [4.78, 5) is 0. The first kappa shape index (κ1) is 15.2. The number of aryl methyl sites for hydroxylation is 1. The molecule has 1 N–H and O–H groups in total. The fourth-order valence-electron chi connectivity index (χ4n) is 2.10. The second-order valence-electron chi connectivity index (χ2n) is 4.49. The second kappa shape index (κ2) is 6.08. The van der Waals surface area contributed by atoms with Gasteiger partial charge in [-0.25, -0.2) is 8.78 Å². The number of benzene rings is 2. The zero-order chi connectivity index (χ0) is 14.9. The second-order valence-corrected chi connectivity index (χ2v) is 5.33. The van der Waals surface area contributed by atoms with E-state index in [-0.39, 0.29) is 11.1 Å². The summed E-state index contributed by atoms with van der Waals surface area (Å²) in [6.07, 6.45) is 0. The van der Waals surface area contributed by atoms with Gasteiger partial charge in [0.1, 0.15) is 0 Å². The van der Waals surface area contributed by atoms with Gasteiger partial charge in [-0.15, -0.1) is 0 Å². The van der Waals surface area contributed by atoms with Gasteiger partial charge in [0.05, 0.1) is 6.04 Å². The van der Waals surface area contributed by atoms with Gasteiger partial charge in [0.25, 0.3) is 0 Å². The highest BCUT2D eigenvalue weighted by Gasteiger charge is 2.22. The normalized spacial score (nSPS) is 12.5. The Bertz CT molecular complexity index is 644. The highest BCUT2D eigenvalue weighted by atomic mass is 35.5. The van der Waals surface area contributed by atoms with E-state index in [1.165, 1.54) is 13.0 Å². The van der Waals surface area contributed by atoms with Gasteiger partial charge in [-0.1, -0.05) is 35.3 Å². The fraction of sp³-hybridized carbons (Fsp3) is 0.200. The molecule has 0 aromatic heterocycles. The summed E-state index contributed by atoms with van der Waals surface area (Å²) in [6.45, 7) is 1.52. The molecule has 0 aliphatic rings. The first-order chi connectivity index (χ1) is 9.45. The molecule has 106 valence electrons. The Labute approximate surface area is 126 Å². The van der Waals surface area contributed by atoms with Crippen LogP contribution >= 0.6 is 23.2 Å². The van der Waals surface area contributed by atoms with Crippen molar-refractivity contribution < 1.29 is 8.78 Å². The van der Waals surface area contributed by atoms with Gasteiger partial charge >= 0.3 is 0 Å². The Morgan fingerprint density at radius 2 is 1.70 bits per heavy atom. The molecule has 0 radical (unpaired) electrons. The van der Waals surface area contributed by atoms with Crippen molar-refractivity contribution in [3.8, 4) is 0 Å². The van der Waals surface area contributed by atoms with Crippen LogP contribution in [0.3, 0.4) is 0 Å². The smallest absolute Gasteiger partial charge is 0.164 e. The molecule has 1 unspecified atom stereocenters. The maximum absolute atomic E-state index is 14.1. The largest absolute Gasteiger partial charge is 0.309 e. The molecule has 0 bridgehead atoms. The van der Waals surface area contributed by atoms with E-state index in [2.05, 4.69) is 5.32 Å². The minimum Gasteiger partial charge on any atom is -0.309 e. The number of halogens is 4. The van der Waals surface area contributed by atoms with E-state index in [0.29, 0.717) is 15.6 Å². The minimum atomic E-state index is -0.875. The van der Waals surface area contributed by atoms with Crippen LogP contribution in [0.15, 0.2) is 30.3 Å². The third-order valence-electron chi connectivity index (χ3n) is 3.17. The Kier molecular flexibility index (Phi) is 4.63. The molecular formula is C15H13Cl2F2N. The highest BCUT2D eigenvalue weighted by Crippen LogP contribution is 2.32. The van der Waals surface area contributed by atoms with Gasteiger partial charge in [-0.05, 0) is 43.3 Å². The predicted molar refractivity (Wildman–Crippen MR) is 78.5 cm³/mol. The molecule has 0 spiro atoms. The van der Waals surface area contributed by atoms with Gasteiger partial charge in [0.15, 0.2) is 11.6 Å². The van der Waals surface area contributed by atoms with Crippen LogP contribution in [0.2, 0.25) is 10.0 Å². The number of hydrogen-bond donors (Lipinski definition) is 1. The zero-order valence-corrected chi connectivity index (χ0v) is 12.5. The molecule has 0 saturated heterocycles. The summed E-state index contributed by atoms with van der Waals surface area (Å²) in [5.41, 5.74) is 1.06. The zero-order valence-electron chi connectivity index (χ0n) is 11.0. The Balaban J connectivity index is 2.58. The molecule has 1 atom stereocenters. The van der Waals surface area contributed by atoms with Crippen LogP contribution in [0.25, 0.3) is 0 Å². The average molecular weight is 316 g/mol. The molecular weight excluding hydrogens is 303 g/mol. The Morgan fingerprint density at radius 3 is 2.35 bits per heavy atom. The number of nitrogens with one attached hydrogen (secondary N) is 1. The third kappa shape index (κ3) is 2.80. The number of rotatable bonds is 3. The van der Waals surface area contributed by atoms with Gasteiger partial charge in [-0.3, -0.25) is 0 Å². The maximum Gasteiger partial charge on any atom is 0.164 e. The van der Waals surface area contributed by atoms with Gasteiger partial charge in [-0.2, -0.15) is 0 Å². The van der Waals surface area contributed by atoms with E-state index in [9.17, 15) is 8.78 Å². The molecule has 1 nitrogen and oxygen atoms in total. The quantitative estimate of drug-likeness (QED) is 0.850. The summed E-state index contributed by atoms with van der Waals surface area (Å²) in [5, 5.41) is 3.86. The van der Waals surface area contributed by atoms with Crippen LogP contribution in [-0.4, -0.2) is 7.05 Å². The maximum atomic E-state index is 14.1. The lowest BCUT2D eigenvalue weighted by Crippen LogP contribution is -2.20. The lowest BCUT2D eigenvalue weighted by molar-refractivity contribution is 0.482. The third-order valence-corrected chi connectivity index (χ3v) is 3.75. The van der Waals surface area contributed by atoms with Crippen molar-refractivity contribution in [3.63, 3.8) is 0 Å². The molecule has 2 rings (SSSR count). The SMILES string of the molecule is CNC(c1cc(Cl)ccc1Cl)c1ccc(C)c(F)c1F. The predicted octanol–water partition coefficient (Wildman–Crippen LogP) is 4.89. The Morgan fingerprint density at radius 1 is 1.00 bits per heavy atom. The van der Waals surface area contributed by atoms with Crippen molar-refractivity contribution in [2.24, 2.45) is 0 Å². The molecule has 2 aromatic rings. The van der Waals surface area contributed by atoms with Gasteiger partial charge < -0.3 is 5.32 Å². The van der Waals surface area contributed by atoms with Crippen molar-refractivity contribution in [2.75, 3.05) is 7.05 Å². The average Bonchev–Trinajstić information content (AvgIpc) is 2.43. The lowest BCUT2D eigenvalue weighted by Gasteiger charge is -2.20. The van der Waals surface area contributed by atoms with Crippen molar-refractivity contribution >= 4 is 23.2 Å². The van der Waals surface area contributed by atoms with Crippen LogP contribution in [0.5, 0.6) is 0 Å². The van der Waals surface area contributed by atoms with E-state index in [1.54, 1.807) is 31.3 Å². The summed E-state index contributed by atoms with van der Waals surface area (Å²) >= 11 is 12.1. The molecule has 0 heterocycles. The lowest BCUT2D eigenvalue weighted by atomic mass is 9.97. The van der Waals surface area contributed by atoms with Gasteiger partial charge in [0, 0.05) is 15.6 Å². The van der Waals surface area contributed by atoms with Crippen molar-refractivity contribution in [2.45, 2.75) is 13.0 Å². The van der Waals surface area contributed by atoms with E-state index < -0.39 is 17.7 Å². The summed E-state index contributed by atoms with van der Waals surface area (Å²) in [7, 11) is 1.65. The topological polar surface area (TPSA) is 12.0 Å². The van der Waals surface area contributed by atoms with Crippen molar-refractivity contribution in [1.29, 1.82) is 0 Å². The monoisotopic (exact) mass is 315 g/mol. The van der Waals surface area contributed by atoms with Crippen LogP contribution in [0, 0.1) is 18.6 Å². The summed E-state index contributed by atoms with van der Waals surface area (Å²) in [5.74, 6) is -1.72. The van der Waals surface area contributed by atoms with E-state index in [4.69, 9.17) is 23.2 Å². The van der Waals surface area contributed by atoms with Crippen LogP contribution < -0.4 is 5.32 Å². The first-order valence-electron chi connectivity index (χ1n) is 6.02. The van der Waals surface area contributed by atoms with Crippen molar-refractivity contribution in [3.05, 3.63) is 68.7 Å². The van der Waals surface area contributed by atoms with E-state index in [1.807, 2.05) is 0 Å². The first-order valence-corrected chi connectivity index (χ1v) is 6.78. The van der Waals surface area contributed by atoms with Gasteiger partial charge in [0.2, 0.25) is 0 Å². The molecule has 5 heteroatoms. The van der Waals surface area contributed by atoms with E-state index >= 15 is 0 Å². The minimum absolute atomic E-state index is 0.194. The van der Waals surface area contributed by atoms with Crippen molar-refractivity contribution in [1.82, 2.24) is 5.32 Å². The molecule has 0 fully saturated rings. The van der Waals surface area contributed by atoms with Crippen LogP contribution in [0.1, 0.15) is 22.7 Å². The fourth-order valence-corrected chi connectivity index (χ4v) is 2.51. The van der Waals surface area contributed by atoms with Crippen LogP contribution in [0.4, 0.5) is 8.78 Å². The Hall–Kier alpha value is -1.16. The van der Waals surface area contributed by atoms with Crippen LogP contribution in [-0.2, 0) is 0 Å².